The molecule has 0 aliphatic carbocycles. The topological polar surface area (TPSA) is 9.23 Å². The van der Waals surface area contributed by atoms with Crippen LogP contribution in [0.2, 0.25) is 19.6 Å². The molecule has 0 fully saturated rings. The summed E-state index contributed by atoms with van der Waals surface area (Å²) in [6.07, 6.45) is 3.24. The average Bonchev–Trinajstić information content (AvgIpc) is 1.78. The lowest BCUT2D eigenvalue weighted by atomic mass is 10.4. The third-order valence-electron chi connectivity index (χ3n) is 1.04. The third kappa shape index (κ3) is 8.18. The lowest BCUT2D eigenvalue weighted by molar-refractivity contribution is 0.236. The van der Waals surface area contributed by atoms with E-state index >= 15 is 0 Å². The Labute approximate surface area is 65.8 Å². The normalized spacial score (nSPS) is 12.0. The highest BCUT2D eigenvalue weighted by Gasteiger charge is 2.12. The molecule has 10 heavy (non-hydrogen) atoms. The van der Waals surface area contributed by atoms with E-state index in [9.17, 15) is 0 Å². The van der Waals surface area contributed by atoms with Crippen LogP contribution in [-0.4, -0.2) is 14.3 Å². The van der Waals surface area contributed by atoms with Crippen LogP contribution in [0, 0.1) is 6.61 Å². The molecule has 1 nitrogen and oxygen atoms in total. The van der Waals surface area contributed by atoms with Gasteiger partial charge in [0.05, 0.1) is 14.7 Å². The predicted octanol–water partition coefficient (Wildman–Crippen LogP) is 2.84. The van der Waals surface area contributed by atoms with Crippen molar-refractivity contribution in [1.82, 2.24) is 0 Å². The second-order valence-electron chi connectivity index (χ2n) is 3.83. The van der Waals surface area contributed by atoms with E-state index in [0.29, 0.717) is 0 Å². The molecule has 0 bridgehead atoms. The maximum absolute atomic E-state index is 5.38. The highest BCUT2D eigenvalue weighted by molar-refractivity contribution is 6.76. The summed E-state index contributed by atoms with van der Waals surface area (Å²) in [6.45, 7) is 11.0. The number of ether oxygens (including phenoxy) is 1. The Morgan fingerprint density at radius 3 is 2.30 bits per heavy atom. The smallest absolute Gasteiger partial charge is 0.0832 e. The molecule has 0 aromatic rings. The van der Waals surface area contributed by atoms with Crippen LogP contribution in [-0.2, 0) is 4.74 Å². The fraction of sp³-hybridized carbons (Fsp3) is 0.875. The summed E-state index contributed by atoms with van der Waals surface area (Å²) in [7, 11) is -0.961. The molecular formula is C8H19OSi. The van der Waals surface area contributed by atoms with Gasteiger partial charge in [0.2, 0.25) is 0 Å². The third-order valence-corrected chi connectivity index (χ3v) is 2.07. The molecule has 2 heteroatoms. The van der Waals surface area contributed by atoms with Crippen LogP contribution >= 0.6 is 0 Å². The molecule has 0 heterocycles. The van der Waals surface area contributed by atoms with Gasteiger partial charge in [-0.15, -0.1) is 0 Å². The minimum Gasteiger partial charge on any atom is -0.379 e. The average molecular weight is 159 g/mol. The Morgan fingerprint density at radius 1 is 1.30 bits per heavy atom. The van der Waals surface area contributed by atoms with Crippen molar-refractivity contribution in [3.8, 4) is 0 Å². The van der Waals surface area contributed by atoms with Crippen LogP contribution in [0.15, 0.2) is 0 Å². The van der Waals surface area contributed by atoms with E-state index in [0.717, 1.165) is 12.7 Å². The Kier molecular flexibility index (Phi) is 5.00. The molecule has 0 aromatic heterocycles. The van der Waals surface area contributed by atoms with Crippen molar-refractivity contribution < 1.29 is 4.74 Å². The molecule has 0 aromatic carbocycles. The van der Waals surface area contributed by atoms with Gasteiger partial charge in [-0.05, 0) is 6.42 Å². The zero-order valence-corrected chi connectivity index (χ0v) is 8.61. The molecule has 0 aliphatic rings. The summed E-state index contributed by atoms with van der Waals surface area (Å²) < 4.78 is 5.38. The molecule has 0 amide bonds. The molecule has 0 spiro atoms. The molecule has 0 N–H and O–H groups in total. The lowest BCUT2D eigenvalue weighted by Gasteiger charge is -2.14. The van der Waals surface area contributed by atoms with Gasteiger partial charge in [-0.2, -0.15) is 0 Å². The van der Waals surface area contributed by atoms with E-state index in [1.807, 2.05) is 6.61 Å². The lowest BCUT2D eigenvalue weighted by Crippen LogP contribution is -2.27. The van der Waals surface area contributed by atoms with E-state index in [1.165, 1.54) is 6.42 Å². The molecular weight excluding hydrogens is 140 g/mol. The quantitative estimate of drug-likeness (QED) is 0.443. The summed E-state index contributed by atoms with van der Waals surface area (Å²) in [4.78, 5) is 0. The number of rotatable bonds is 5. The Hall–Kier alpha value is 0.177. The number of hydrogen-bond donors (Lipinski definition) is 0. The van der Waals surface area contributed by atoms with Gasteiger partial charge in [0.1, 0.15) is 0 Å². The van der Waals surface area contributed by atoms with Crippen LogP contribution < -0.4 is 0 Å². The zero-order valence-electron chi connectivity index (χ0n) is 7.61. The van der Waals surface area contributed by atoms with Crippen molar-refractivity contribution in [2.75, 3.05) is 6.23 Å². The van der Waals surface area contributed by atoms with Gasteiger partial charge in [-0.25, -0.2) is 0 Å². The van der Waals surface area contributed by atoms with Crippen LogP contribution in [0.3, 0.4) is 0 Å². The van der Waals surface area contributed by atoms with Gasteiger partial charge in [0, 0.05) is 6.23 Å². The SMILES string of the molecule is CCC[CH]OC[Si](C)(C)C. The Bertz CT molecular complexity index is 75.8. The molecule has 0 unspecified atom stereocenters. The van der Waals surface area contributed by atoms with Crippen molar-refractivity contribution in [3.05, 3.63) is 6.61 Å². The molecule has 0 aliphatic heterocycles. The fourth-order valence-corrected chi connectivity index (χ4v) is 1.13. The van der Waals surface area contributed by atoms with Gasteiger partial charge in [-0.3, -0.25) is 0 Å². The monoisotopic (exact) mass is 159 g/mol. The van der Waals surface area contributed by atoms with Crippen molar-refractivity contribution in [2.45, 2.75) is 39.4 Å². The number of hydrogen-bond acceptors (Lipinski definition) is 1. The van der Waals surface area contributed by atoms with Gasteiger partial charge < -0.3 is 4.74 Å². The zero-order chi connectivity index (χ0) is 8.04. The van der Waals surface area contributed by atoms with E-state index in [4.69, 9.17) is 4.74 Å². The first-order valence-corrected chi connectivity index (χ1v) is 7.70. The number of unbranched alkanes of at least 4 members (excludes halogenated alkanes) is 1. The van der Waals surface area contributed by atoms with E-state index in [-0.39, 0.29) is 0 Å². The van der Waals surface area contributed by atoms with Crippen LogP contribution in [0.1, 0.15) is 19.8 Å². The summed E-state index contributed by atoms with van der Waals surface area (Å²) in [6, 6.07) is 0. The largest absolute Gasteiger partial charge is 0.379 e. The summed E-state index contributed by atoms with van der Waals surface area (Å²) in [5.74, 6) is 0. The molecule has 0 atom stereocenters. The standard InChI is InChI=1S/C8H19OSi/c1-5-6-7-9-8-10(2,3)4/h7H,5-6,8H2,1-4H3. The molecule has 1 radical (unpaired) electrons. The van der Waals surface area contributed by atoms with Gasteiger partial charge >= 0.3 is 0 Å². The molecule has 61 valence electrons. The second kappa shape index (κ2) is 4.91. The van der Waals surface area contributed by atoms with E-state index in [1.54, 1.807) is 0 Å². The highest BCUT2D eigenvalue weighted by Crippen LogP contribution is 2.03. The summed E-state index contributed by atoms with van der Waals surface area (Å²) in [5, 5.41) is 0. The molecule has 0 saturated heterocycles. The maximum atomic E-state index is 5.38. The van der Waals surface area contributed by atoms with Crippen LogP contribution in [0.4, 0.5) is 0 Å². The minimum atomic E-state index is -0.961. The van der Waals surface area contributed by atoms with Crippen LogP contribution in [0.25, 0.3) is 0 Å². The van der Waals surface area contributed by atoms with Crippen LogP contribution in [0.5, 0.6) is 0 Å². The van der Waals surface area contributed by atoms with E-state index < -0.39 is 8.07 Å². The van der Waals surface area contributed by atoms with Crippen molar-refractivity contribution in [1.29, 1.82) is 0 Å². The van der Waals surface area contributed by atoms with Gasteiger partial charge in [-0.1, -0.05) is 33.0 Å². The fourth-order valence-electron chi connectivity index (χ4n) is 0.510. The van der Waals surface area contributed by atoms with Crippen molar-refractivity contribution in [3.63, 3.8) is 0 Å². The maximum Gasteiger partial charge on any atom is 0.0832 e. The van der Waals surface area contributed by atoms with Gasteiger partial charge in [0.15, 0.2) is 0 Å². The first kappa shape index (κ1) is 10.2. The Morgan fingerprint density at radius 2 is 1.90 bits per heavy atom. The van der Waals surface area contributed by atoms with Crippen molar-refractivity contribution in [2.24, 2.45) is 0 Å². The first-order valence-electron chi connectivity index (χ1n) is 3.99. The van der Waals surface area contributed by atoms with E-state index in [2.05, 4.69) is 26.6 Å². The first-order chi connectivity index (χ1) is 4.56. The Balaban J connectivity index is 3.04. The summed E-state index contributed by atoms with van der Waals surface area (Å²) in [5.41, 5.74) is 0. The highest BCUT2D eigenvalue weighted by atomic mass is 28.3. The van der Waals surface area contributed by atoms with Gasteiger partial charge in [0.25, 0.3) is 0 Å². The minimum absolute atomic E-state index is 0.961. The van der Waals surface area contributed by atoms with Crippen molar-refractivity contribution >= 4 is 8.07 Å². The second-order valence-corrected chi connectivity index (χ2v) is 9.24. The molecule has 0 rings (SSSR count). The molecule has 0 saturated carbocycles. The summed E-state index contributed by atoms with van der Waals surface area (Å²) >= 11 is 0. The predicted molar refractivity (Wildman–Crippen MR) is 48.5 cm³/mol.